The molecule has 3 heteroatoms. The van der Waals surface area contributed by atoms with E-state index in [4.69, 9.17) is 4.74 Å². The van der Waals surface area contributed by atoms with Crippen LogP contribution in [0.5, 0.6) is 0 Å². The zero-order chi connectivity index (χ0) is 11.9. The number of hydrogen-bond donors (Lipinski definition) is 2. The lowest BCUT2D eigenvalue weighted by atomic mass is 9.89. The van der Waals surface area contributed by atoms with Gasteiger partial charge in [-0.1, -0.05) is 13.8 Å². The maximum absolute atomic E-state index is 5.15. The summed E-state index contributed by atoms with van der Waals surface area (Å²) in [6.07, 6.45) is 5.01. The van der Waals surface area contributed by atoms with Crippen molar-refractivity contribution in [3.05, 3.63) is 0 Å². The van der Waals surface area contributed by atoms with Crippen LogP contribution in [-0.4, -0.2) is 39.4 Å². The van der Waals surface area contributed by atoms with Gasteiger partial charge in [-0.2, -0.15) is 0 Å². The van der Waals surface area contributed by atoms with E-state index in [1.807, 2.05) is 0 Å². The van der Waals surface area contributed by atoms with Gasteiger partial charge in [0.2, 0.25) is 0 Å². The third-order valence-corrected chi connectivity index (χ3v) is 3.43. The summed E-state index contributed by atoms with van der Waals surface area (Å²) in [7, 11) is 1.78. The summed E-state index contributed by atoms with van der Waals surface area (Å²) >= 11 is 0. The molecule has 1 saturated heterocycles. The Morgan fingerprint density at radius 2 is 2.12 bits per heavy atom. The summed E-state index contributed by atoms with van der Waals surface area (Å²) in [6.45, 7) is 8.94. The number of methoxy groups -OCH3 is 1. The van der Waals surface area contributed by atoms with Crippen molar-refractivity contribution in [2.45, 2.75) is 45.6 Å². The van der Waals surface area contributed by atoms with Crippen LogP contribution in [0.2, 0.25) is 0 Å². The van der Waals surface area contributed by atoms with Crippen LogP contribution in [0.1, 0.15) is 39.5 Å². The van der Waals surface area contributed by atoms with Gasteiger partial charge in [0.05, 0.1) is 0 Å². The van der Waals surface area contributed by atoms with Crippen LogP contribution < -0.4 is 10.6 Å². The maximum atomic E-state index is 5.15. The van der Waals surface area contributed by atoms with E-state index in [9.17, 15) is 0 Å². The van der Waals surface area contributed by atoms with Gasteiger partial charge in [-0.25, -0.2) is 0 Å². The van der Waals surface area contributed by atoms with Crippen LogP contribution >= 0.6 is 0 Å². The molecule has 0 aromatic rings. The van der Waals surface area contributed by atoms with E-state index in [0.717, 1.165) is 26.1 Å². The fourth-order valence-electron chi connectivity index (χ4n) is 2.11. The molecule has 0 aromatic carbocycles. The third-order valence-electron chi connectivity index (χ3n) is 3.43. The molecule has 1 aliphatic heterocycles. The fraction of sp³-hybridized carbons (Fsp3) is 1.00. The quantitative estimate of drug-likeness (QED) is 0.727. The van der Waals surface area contributed by atoms with Crippen LogP contribution in [0.3, 0.4) is 0 Å². The average molecular weight is 228 g/mol. The Balaban J connectivity index is 2.20. The molecule has 0 saturated carbocycles. The highest BCUT2D eigenvalue weighted by atomic mass is 16.5. The van der Waals surface area contributed by atoms with Crippen LogP contribution in [-0.2, 0) is 4.74 Å². The molecule has 2 N–H and O–H groups in total. The largest absolute Gasteiger partial charge is 0.385 e. The Morgan fingerprint density at radius 1 is 1.31 bits per heavy atom. The van der Waals surface area contributed by atoms with Crippen molar-refractivity contribution in [1.82, 2.24) is 10.6 Å². The molecule has 1 unspecified atom stereocenters. The SMILES string of the molecule is COCCC(C)(C)CNC1CCCNCC1. The van der Waals surface area contributed by atoms with Crippen molar-refractivity contribution >= 4 is 0 Å². The minimum atomic E-state index is 0.343. The molecular weight excluding hydrogens is 200 g/mol. The second kappa shape index (κ2) is 7.25. The Hall–Kier alpha value is -0.120. The molecule has 96 valence electrons. The van der Waals surface area contributed by atoms with Gasteiger partial charge in [0.1, 0.15) is 0 Å². The molecule has 1 rings (SSSR count). The summed E-state index contributed by atoms with van der Waals surface area (Å²) in [5.74, 6) is 0. The molecule has 0 amide bonds. The van der Waals surface area contributed by atoms with Crippen molar-refractivity contribution in [3.63, 3.8) is 0 Å². The van der Waals surface area contributed by atoms with Gasteiger partial charge in [-0.3, -0.25) is 0 Å². The summed E-state index contributed by atoms with van der Waals surface area (Å²) in [6, 6.07) is 0.705. The monoisotopic (exact) mass is 228 g/mol. The summed E-state index contributed by atoms with van der Waals surface area (Å²) in [5, 5.41) is 7.16. The fourth-order valence-corrected chi connectivity index (χ4v) is 2.11. The summed E-state index contributed by atoms with van der Waals surface area (Å²) in [4.78, 5) is 0. The maximum Gasteiger partial charge on any atom is 0.0467 e. The zero-order valence-electron chi connectivity index (χ0n) is 11.1. The van der Waals surface area contributed by atoms with Crippen molar-refractivity contribution in [2.24, 2.45) is 5.41 Å². The molecule has 16 heavy (non-hydrogen) atoms. The van der Waals surface area contributed by atoms with Crippen LogP contribution in [0.25, 0.3) is 0 Å². The lowest BCUT2D eigenvalue weighted by Gasteiger charge is -2.27. The van der Waals surface area contributed by atoms with Crippen LogP contribution in [0.4, 0.5) is 0 Å². The molecule has 3 nitrogen and oxygen atoms in total. The average Bonchev–Trinajstić information content (AvgIpc) is 2.52. The smallest absolute Gasteiger partial charge is 0.0467 e. The van der Waals surface area contributed by atoms with Crippen molar-refractivity contribution in [1.29, 1.82) is 0 Å². The Kier molecular flexibility index (Phi) is 6.32. The van der Waals surface area contributed by atoms with E-state index >= 15 is 0 Å². The standard InChI is InChI=1S/C13H28N2O/c1-13(2,7-10-16-3)11-15-12-5-4-8-14-9-6-12/h12,14-15H,4-11H2,1-3H3. The van der Waals surface area contributed by atoms with Gasteiger partial charge in [-0.05, 0) is 44.2 Å². The first-order valence-electron chi connectivity index (χ1n) is 6.57. The van der Waals surface area contributed by atoms with Crippen LogP contribution in [0.15, 0.2) is 0 Å². The molecule has 1 heterocycles. The summed E-state index contributed by atoms with van der Waals surface area (Å²) in [5.41, 5.74) is 0.343. The van der Waals surface area contributed by atoms with Crippen molar-refractivity contribution in [2.75, 3.05) is 33.4 Å². The lowest BCUT2D eigenvalue weighted by molar-refractivity contribution is 0.148. The van der Waals surface area contributed by atoms with E-state index in [1.165, 1.54) is 25.8 Å². The molecule has 0 aromatic heterocycles. The van der Waals surface area contributed by atoms with E-state index < -0.39 is 0 Å². The number of nitrogens with one attached hydrogen (secondary N) is 2. The van der Waals surface area contributed by atoms with Crippen molar-refractivity contribution < 1.29 is 4.74 Å². The minimum absolute atomic E-state index is 0.343. The highest BCUT2D eigenvalue weighted by Gasteiger charge is 2.19. The number of rotatable bonds is 6. The van der Waals surface area contributed by atoms with Gasteiger partial charge in [0.15, 0.2) is 0 Å². The van der Waals surface area contributed by atoms with Crippen molar-refractivity contribution in [3.8, 4) is 0 Å². The lowest BCUT2D eigenvalue weighted by Crippen LogP contribution is -2.38. The topological polar surface area (TPSA) is 33.3 Å². The molecule has 1 fully saturated rings. The molecule has 0 spiro atoms. The molecule has 0 radical (unpaired) electrons. The zero-order valence-corrected chi connectivity index (χ0v) is 11.1. The van der Waals surface area contributed by atoms with E-state index in [1.54, 1.807) is 7.11 Å². The summed E-state index contributed by atoms with van der Waals surface area (Å²) < 4.78 is 5.15. The number of hydrogen-bond acceptors (Lipinski definition) is 3. The second-order valence-electron chi connectivity index (χ2n) is 5.67. The predicted octanol–water partition coefficient (Wildman–Crippen LogP) is 1.78. The Morgan fingerprint density at radius 3 is 2.88 bits per heavy atom. The van der Waals surface area contributed by atoms with Gasteiger partial charge < -0.3 is 15.4 Å². The van der Waals surface area contributed by atoms with E-state index in [-0.39, 0.29) is 0 Å². The Bertz CT molecular complexity index is 175. The van der Waals surface area contributed by atoms with Gasteiger partial charge in [-0.15, -0.1) is 0 Å². The molecule has 1 atom stereocenters. The first kappa shape index (κ1) is 13.9. The Labute approximate surface area is 100 Å². The molecular formula is C13H28N2O. The van der Waals surface area contributed by atoms with Crippen LogP contribution in [0, 0.1) is 5.41 Å². The predicted molar refractivity (Wildman–Crippen MR) is 68.8 cm³/mol. The molecule has 0 bridgehead atoms. The second-order valence-corrected chi connectivity index (χ2v) is 5.67. The molecule has 0 aliphatic carbocycles. The van der Waals surface area contributed by atoms with Gasteiger partial charge >= 0.3 is 0 Å². The van der Waals surface area contributed by atoms with Gasteiger partial charge in [0, 0.05) is 26.3 Å². The van der Waals surface area contributed by atoms with Gasteiger partial charge in [0.25, 0.3) is 0 Å². The van der Waals surface area contributed by atoms with E-state index in [2.05, 4.69) is 24.5 Å². The highest BCUT2D eigenvalue weighted by molar-refractivity contribution is 4.77. The third kappa shape index (κ3) is 5.83. The minimum Gasteiger partial charge on any atom is -0.385 e. The highest BCUT2D eigenvalue weighted by Crippen LogP contribution is 2.19. The molecule has 1 aliphatic rings. The number of ether oxygens (including phenoxy) is 1. The normalized spacial score (nSPS) is 23.1. The first-order chi connectivity index (χ1) is 7.64. The van der Waals surface area contributed by atoms with E-state index in [0.29, 0.717) is 11.5 Å². The first-order valence-corrected chi connectivity index (χ1v) is 6.57.